The van der Waals surface area contributed by atoms with E-state index in [1.807, 2.05) is 5.57 Å². The molecule has 0 spiro atoms. The average Bonchev–Trinajstić information content (AvgIpc) is 3.09. The standard InChI is InChI=1S/C44H76S/c1-3-16-36(37-22-10-6-11-23-37)26-15-21-35-32-42(40(17-4-2)27-14-20-34-18-8-5-9-19-34)44(45)43(33-35)41-30-28-39(29-31-41)38-24-12-7-13-25-38/h32,34,36-41,43,45H,3-31,33H2,1-2H3. The molecule has 1 heteroatoms. The Morgan fingerprint density at radius 1 is 0.622 bits per heavy atom. The summed E-state index contributed by atoms with van der Waals surface area (Å²) in [5.74, 6) is 7.50. The molecule has 0 aromatic carbocycles. The van der Waals surface area contributed by atoms with E-state index in [-0.39, 0.29) is 0 Å². The molecule has 0 aliphatic heterocycles. The van der Waals surface area contributed by atoms with Crippen molar-refractivity contribution in [3.63, 3.8) is 0 Å². The second kappa shape index (κ2) is 19.7. The van der Waals surface area contributed by atoms with Crippen LogP contribution < -0.4 is 0 Å². The van der Waals surface area contributed by atoms with Gasteiger partial charge in [0.05, 0.1) is 0 Å². The molecule has 0 saturated heterocycles. The fourth-order valence-corrected chi connectivity index (χ4v) is 12.1. The van der Waals surface area contributed by atoms with Crippen molar-refractivity contribution in [1.82, 2.24) is 0 Å². The minimum absolute atomic E-state index is 0.720. The van der Waals surface area contributed by atoms with E-state index in [0.29, 0.717) is 0 Å². The van der Waals surface area contributed by atoms with Crippen LogP contribution in [-0.2, 0) is 0 Å². The second-order valence-electron chi connectivity index (χ2n) is 17.3. The first-order valence-electron chi connectivity index (χ1n) is 21.3. The zero-order valence-corrected chi connectivity index (χ0v) is 31.3. The van der Waals surface area contributed by atoms with E-state index >= 15 is 0 Å². The second-order valence-corrected chi connectivity index (χ2v) is 17.8. The van der Waals surface area contributed by atoms with Crippen LogP contribution in [0.1, 0.15) is 206 Å². The van der Waals surface area contributed by atoms with Crippen LogP contribution in [0.25, 0.3) is 0 Å². The van der Waals surface area contributed by atoms with E-state index in [9.17, 15) is 0 Å². The largest absolute Gasteiger partial charge is 0.147 e. The van der Waals surface area contributed by atoms with Crippen molar-refractivity contribution >= 4 is 12.6 Å². The highest BCUT2D eigenvalue weighted by Gasteiger charge is 2.36. The Labute approximate surface area is 287 Å². The zero-order valence-electron chi connectivity index (χ0n) is 30.4. The van der Waals surface area contributed by atoms with Crippen LogP contribution in [0.3, 0.4) is 0 Å². The lowest BCUT2D eigenvalue weighted by Gasteiger charge is -2.41. The summed E-state index contributed by atoms with van der Waals surface area (Å²) in [5.41, 5.74) is 3.55. The minimum Gasteiger partial charge on any atom is -0.147 e. The summed E-state index contributed by atoms with van der Waals surface area (Å²) < 4.78 is 0. The van der Waals surface area contributed by atoms with E-state index in [4.69, 9.17) is 12.6 Å². The van der Waals surface area contributed by atoms with Crippen molar-refractivity contribution in [2.24, 2.45) is 47.3 Å². The summed E-state index contributed by atoms with van der Waals surface area (Å²) >= 11 is 5.54. The molecule has 5 aliphatic rings. The normalized spacial score (nSPS) is 29.5. The summed E-state index contributed by atoms with van der Waals surface area (Å²) in [6.07, 6.45) is 46.9. The molecule has 4 saturated carbocycles. The Morgan fingerprint density at radius 3 is 1.89 bits per heavy atom. The third-order valence-corrected chi connectivity index (χ3v) is 14.8. The molecule has 5 rings (SSSR count). The van der Waals surface area contributed by atoms with E-state index in [2.05, 4.69) is 19.9 Å². The molecular formula is C44H76S. The summed E-state index contributed by atoms with van der Waals surface area (Å²) in [6, 6.07) is 0. The zero-order chi connectivity index (χ0) is 31.3. The van der Waals surface area contributed by atoms with Gasteiger partial charge in [0.1, 0.15) is 0 Å². The molecule has 5 aliphatic carbocycles. The van der Waals surface area contributed by atoms with Gasteiger partial charge >= 0.3 is 0 Å². The Bertz CT molecular complexity index is 871. The molecule has 0 amide bonds. The first-order chi connectivity index (χ1) is 22.2. The maximum Gasteiger partial charge on any atom is -0.00360 e. The van der Waals surface area contributed by atoms with Crippen LogP contribution in [0.4, 0.5) is 0 Å². The van der Waals surface area contributed by atoms with Crippen LogP contribution in [0.15, 0.2) is 22.1 Å². The molecule has 0 aromatic heterocycles. The third kappa shape index (κ3) is 10.9. The van der Waals surface area contributed by atoms with Crippen molar-refractivity contribution < 1.29 is 0 Å². The summed E-state index contributed by atoms with van der Waals surface area (Å²) in [4.78, 5) is 1.56. The summed E-state index contributed by atoms with van der Waals surface area (Å²) in [5, 5.41) is 0. The number of hydrogen-bond donors (Lipinski definition) is 1. The number of rotatable bonds is 16. The van der Waals surface area contributed by atoms with Gasteiger partial charge in [0, 0.05) is 0 Å². The fourth-order valence-electron chi connectivity index (χ4n) is 11.6. The topological polar surface area (TPSA) is 0 Å². The molecule has 45 heavy (non-hydrogen) atoms. The molecule has 258 valence electrons. The van der Waals surface area contributed by atoms with Gasteiger partial charge in [-0.15, -0.1) is 12.6 Å². The van der Waals surface area contributed by atoms with Crippen molar-refractivity contribution in [1.29, 1.82) is 0 Å². The minimum atomic E-state index is 0.720. The van der Waals surface area contributed by atoms with Gasteiger partial charge in [-0.05, 0) is 122 Å². The first kappa shape index (κ1) is 36.1. The van der Waals surface area contributed by atoms with E-state index in [1.165, 1.54) is 193 Å². The first-order valence-corrected chi connectivity index (χ1v) is 21.7. The van der Waals surface area contributed by atoms with Crippen LogP contribution >= 0.6 is 12.6 Å². The molecule has 3 atom stereocenters. The molecule has 0 N–H and O–H groups in total. The van der Waals surface area contributed by atoms with Gasteiger partial charge in [0.15, 0.2) is 0 Å². The van der Waals surface area contributed by atoms with Crippen molar-refractivity contribution in [2.75, 3.05) is 0 Å². The SMILES string of the molecule is CCCC(CCCC1CCCCC1)C1=C(S)C(C2CCC(C3CCCCC3)CC2)CC(CCCC(CCC)C2CCCCC2)=C1. The highest BCUT2D eigenvalue weighted by atomic mass is 32.1. The lowest BCUT2D eigenvalue weighted by Crippen LogP contribution is -2.29. The molecule has 0 aromatic rings. The van der Waals surface area contributed by atoms with Crippen LogP contribution in [0.2, 0.25) is 0 Å². The molecule has 0 radical (unpaired) electrons. The number of thiol groups is 1. The Morgan fingerprint density at radius 2 is 1.22 bits per heavy atom. The maximum absolute atomic E-state index is 5.54. The molecule has 0 nitrogen and oxygen atoms in total. The van der Waals surface area contributed by atoms with E-state index in [1.54, 1.807) is 10.5 Å². The van der Waals surface area contributed by atoms with Gasteiger partial charge in [0.25, 0.3) is 0 Å². The van der Waals surface area contributed by atoms with Crippen molar-refractivity contribution in [3.05, 3.63) is 22.1 Å². The van der Waals surface area contributed by atoms with Gasteiger partial charge in [-0.25, -0.2) is 0 Å². The number of allylic oxidation sites excluding steroid dienone is 4. The predicted molar refractivity (Wildman–Crippen MR) is 202 cm³/mol. The molecule has 0 heterocycles. The van der Waals surface area contributed by atoms with E-state index < -0.39 is 0 Å². The van der Waals surface area contributed by atoms with Crippen LogP contribution in [0.5, 0.6) is 0 Å². The van der Waals surface area contributed by atoms with Crippen LogP contribution in [0, 0.1) is 47.3 Å². The molecular weight excluding hydrogens is 561 g/mol. The Hall–Kier alpha value is -0.170. The Kier molecular flexibility index (Phi) is 15.8. The van der Waals surface area contributed by atoms with E-state index in [0.717, 1.165) is 47.3 Å². The highest BCUT2D eigenvalue weighted by molar-refractivity contribution is 7.84. The van der Waals surface area contributed by atoms with Crippen molar-refractivity contribution in [3.8, 4) is 0 Å². The van der Waals surface area contributed by atoms with Gasteiger partial charge < -0.3 is 0 Å². The molecule has 0 bridgehead atoms. The third-order valence-electron chi connectivity index (χ3n) is 14.2. The Balaban J connectivity index is 1.25. The smallest absolute Gasteiger partial charge is 0.00360 e. The molecule has 4 fully saturated rings. The van der Waals surface area contributed by atoms with Crippen molar-refractivity contribution in [2.45, 2.75) is 206 Å². The average molecular weight is 637 g/mol. The van der Waals surface area contributed by atoms with Gasteiger partial charge in [0.2, 0.25) is 0 Å². The van der Waals surface area contributed by atoms with Gasteiger partial charge in [-0.1, -0.05) is 154 Å². The maximum atomic E-state index is 5.54. The monoisotopic (exact) mass is 637 g/mol. The van der Waals surface area contributed by atoms with Crippen LogP contribution in [-0.4, -0.2) is 0 Å². The fraction of sp³-hybridized carbons (Fsp3) is 0.909. The lowest BCUT2D eigenvalue weighted by atomic mass is 9.66. The predicted octanol–water partition coefficient (Wildman–Crippen LogP) is 14.8. The summed E-state index contributed by atoms with van der Waals surface area (Å²) in [7, 11) is 0. The molecule has 3 unspecified atom stereocenters. The lowest BCUT2D eigenvalue weighted by molar-refractivity contribution is 0.148. The van der Waals surface area contributed by atoms with Gasteiger partial charge in [-0.2, -0.15) is 0 Å². The van der Waals surface area contributed by atoms with Gasteiger partial charge in [-0.3, -0.25) is 0 Å². The summed E-state index contributed by atoms with van der Waals surface area (Å²) in [6.45, 7) is 4.87. The quantitative estimate of drug-likeness (QED) is 0.160. The highest BCUT2D eigenvalue weighted by Crippen LogP contribution is 2.49. The number of hydrogen-bond acceptors (Lipinski definition) is 1.